The Hall–Kier alpha value is -0.370. The summed E-state index contributed by atoms with van der Waals surface area (Å²) in [5.41, 5.74) is 0. The number of aliphatic carboxylic acids is 3. The zero-order valence-corrected chi connectivity index (χ0v) is 8.87. The molecule has 0 aromatic heterocycles. The van der Waals surface area contributed by atoms with Crippen molar-refractivity contribution in [1.82, 2.24) is 4.90 Å². The monoisotopic (exact) mass is 356 g/mol. The molecule has 8 heteroatoms. The van der Waals surface area contributed by atoms with E-state index < -0.39 is 37.5 Å². The van der Waals surface area contributed by atoms with Crippen LogP contribution >= 0.6 is 0 Å². The first-order chi connectivity index (χ1) is 5.91. The van der Waals surface area contributed by atoms with E-state index in [9.17, 15) is 14.4 Å². The SMILES string of the molecule is O=C(O)CN(CC(=O)O)CC(=O)O.[Ho]. The van der Waals surface area contributed by atoms with Gasteiger partial charge in [0.1, 0.15) is 0 Å². The second-order valence-electron chi connectivity index (χ2n) is 2.33. The summed E-state index contributed by atoms with van der Waals surface area (Å²) in [5, 5.41) is 24.8. The van der Waals surface area contributed by atoms with Gasteiger partial charge in [-0.25, -0.2) is 0 Å². The van der Waals surface area contributed by atoms with Crippen molar-refractivity contribution in [3.05, 3.63) is 0 Å². The predicted octanol–water partition coefficient (Wildman–Crippen LogP) is -1.46. The van der Waals surface area contributed by atoms with Gasteiger partial charge in [-0.3, -0.25) is 19.3 Å². The summed E-state index contributed by atoms with van der Waals surface area (Å²) in [6, 6.07) is 0. The summed E-state index contributed by atoms with van der Waals surface area (Å²) in [4.78, 5) is 31.2. The molecule has 3 N–H and O–H groups in total. The Morgan fingerprint density at radius 3 is 1.14 bits per heavy atom. The van der Waals surface area contributed by atoms with Crippen molar-refractivity contribution in [2.45, 2.75) is 0 Å². The van der Waals surface area contributed by atoms with Gasteiger partial charge in [0, 0.05) is 37.7 Å². The van der Waals surface area contributed by atoms with Crippen LogP contribution in [0.3, 0.4) is 0 Å². The molecule has 0 saturated carbocycles. The molecule has 0 aliphatic carbocycles. The smallest absolute Gasteiger partial charge is 0.317 e. The molecule has 0 heterocycles. The molecule has 0 bridgehead atoms. The average molecular weight is 356 g/mol. The molecule has 0 aliphatic rings. The van der Waals surface area contributed by atoms with E-state index in [-0.39, 0.29) is 37.7 Å². The summed E-state index contributed by atoms with van der Waals surface area (Å²) >= 11 is 0. The molecular formula is C6H9HoNO6. The van der Waals surface area contributed by atoms with Crippen molar-refractivity contribution in [3.8, 4) is 0 Å². The van der Waals surface area contributed by atoms with Crippen molar-refractivity contribution in [3.63, 3.8) is 0 Å². The molecular weight excluding hydrogens is 347 g/mol. The van der Waals surface area contributed by atoms with Gasteiger partial charge < -0.3 is 15.3 Å². The fourth-order valence-electron chi connectivity index (χ4n) is 0.742. The molecule has 7 nitrogen and oxygen atoms in total. The van der Waals surface area contributed by atoms with Gasteiger partial charge in [0.15, 0.2) is 0 Å². The number of carboxylic acids is 3. The normalized spacial score (nSPS) is 9.21. The van der Waals surface area contributed by atoms with E-state index in [2.05, 4.69) is 0 Å². The van der Waals surface area contributed by atoms with Gasteiger partial charge in [-0.15, -0.1) is 0 Å². The van der Waals surface area contributed by atoms with Crippen LogP contribution in [0.2, 0.25) is 0 Å². The van der Waals surface area contributed by atoms with Crippen LogP contribution in [0.25, 0.3) is 0 Å². The third kappa shape index (κ3) is 9.72. The Kier molecular flexibility index (Phi) is 9.16. The van der Waals surface area contributed by atoms with E-state index in [0.717, 1.165) is 4.90 Å². The minimum absolute atomic E-state index is 0. The fourth-order valence-corrected chi connectivity index (χ4v) is 0.742. The van der Waals surface area contributed by atoms with Crippen LogP contribution in [-0.2, 0) is 14.4 Å². The average Bonchev–Trinajstić information content (AvgIpc) is 1.80. The van der Waals surface area contributed by atoms with Gasteiger partial charge in [-0.2, -0.15) is 0 Å². The molecule has 0 aromatic carbocycles. The van der Waals surface area contributed by atoms with Crippen molar-refractivity contribution in [2.24, 2.45) is 0 Å². The van der Waals surface area contributed by atoms with Crippen LogP contribution in [0.5, 0.6) is 0 Å². The van der Waals surface area contributed by atoms with Crippen LogP contribution in [0.1, 0.15) is 0 Å². The van der Waals surface area contributed by atoms with Crippen molar-refractivity contribution in [2.75, 3.05) is 19.6 Å². The molecule has 0 spiro atoms. The molecule has 1 radical (unpaired) electrons. The molecule has 0 saturated heterocycles. The Morgan fingerprint density at radius 1 is 0.786 bits per heavy atom. The van der Waals surface area contributed by atoms with Crippen LogP contribution in [0, 0.1) is 37.7 Å². The van der Waals surface area contributed by atoms with Crippen LogP contribution in [0.15, 0.2) is 0 Å². The second-order valence-corrected chi connectivity index (χ2v) is 2.33. The summed E-state index contributed by atoms with van der Waals surface area (Å²) in [5.74, 6) is -3.78. The zero-order valence-electron chi connectivity index (χ0n) is 6.94. The Morgan fingerprint density at radius 2 is 1.00 bits per heavy atom. The summed E-state index contributed by atoms with van der Waals surface area (Å²) < 4.78 is 0. The first kappa shape index (κ1) is 16.1. The van der Waals surface area contributed by atoms with Gasteiger partial charge in [0.2, 0.25) is 0 Å². The first-order valence-corrected chi connectivity index (χ1v) is 3.29. The van der Waals surface area contributed by atoms with Gasteiger partial charge in [0.05, 0.1) is 19.6 Å². The first-order valence-electron chi connectivity index (χ1n) is 3.29. The zero-order chi connectivity index (χ0) is 10.4. The molecule has 0 aliphatic heterocycles. The molecule has 0 amide bonds. The largest absolute Gasteiger partial charge is 0.480 e. The van der Waals surface area contributed by atoms with E-state index in [0.29, 0.717) is 0 Å². The van der Waals surface area contributed by atoms with E-state index >= 15 is 0 Å². The van der Waals surface area contributed by atoms with Crippen molar-refractivity contribution in [1.29, 1.82) is 0 Å². The second kappa shape index (κ2) is 7.98. The quantitative estimate of drug-likeness (QED) is 0.499. The predicted molar refractivity (Wildman–Crippen MR) is 39.3 cm³/mol. The molecule has 0 aromatic rings. The van der Waals surface area contributed by atoms with Gasteiger partial charge in [0.25, 0.3) is 0 Å². The number of carbonyl (C=O) groups is 3. The third-order valence-corrected chi connectivity index (χ3v) is 1.08. The summed E-state index contributed by atoms with van der Waals surface area (Å²) in [6.45, 7) is -1.80. The number of carboxylic acid groups (broad SMARTS) is 3. The Labute approximate surface area is 109 Å². The molecule has 0 unspecified atom stereocenters. The molecule has 0 fully saturated rings. The minimum atomic E-state index is -1.26. The van der Waals surface area contributed by atoms with Gasteiger partial charge in [-0.1, -0.05) is 0 Å². The number of hydrogen-bond acceptors (Lipinski definition) is 4. The Balaban J connectivity index is 0. The molecule has 14 heavy (non-hydrogen) atoms. The maximum absolute atomic E-state index is 10.1. The van der Waals surface area contributed by atoms with Crippen LogP contribution in [-0.4, -0.2) is 57.8 Å². The van der Waals surface area contributed by atoms with E-state index in [1.165, 1.54) is 0 Å². The maximum atomic E-state index is 10.1. The molecule has 85 valence electrons. The number of rotatable bonds is 6. The van der Waals surface area contributed by atoms with Gasteiger partial charge >= 0.3 is 17.9 Å². The maximum Gasteiger partial charge on any atom is 0.317 e. The summed E-state index contributed by atoms with van der Waals surface area (Å²) in [7, 11) is 0. The van der Waals surface area contributed by atoms with Crippen molar-refractivity contribution >= 4 is 17.9 Å². The minimum Gasteiger partial charge on any atom is -0.480 e. The Bertz CT molecular complexity index is 192. The van der Waals surface area contributed by atoms with E-state index in [1.54, 1.807) is 0 Å². The standard InChI is InChI=1S/C6H9NO6.Ho/c8-4(9)1-7(2-5(10)11)3-6(12)13;/h1-3H2,(H,8,9)(H,10,11)(H,12,13);. The fraction of sp³-hybridized carbons (Fsp3) is 0.500. The number of nitrogens with zero attached hydrogens (tertiary/aromatic N) is 1. The molecule has 0 rings (SSSR count). The van der Waals surface area contributed by atoms with E-state index in [1.807, 2.05) is 0 Å². The molecule has 0 atom stereocenters. The third-order valence-electron chi connectivity index (χ3n) is 1.08. The van der Waals surface area contributed by atoms with Crippen LogP contribution < -0.4 is 0 Å². The van der Waals surface area contributed by atoms with Gasteiger partial charge in [-0.05, 0) is 0 Å². The van der Waals surface area contributed by atoms with Crippen LogP contribution in [0.4, 0.5) is 0 Å². The number of hydrogen-bond donors (Lipinski definition) is 3. The summed E-state index contributed by atoms with van der Waals surface area (Å²) in [6.07, 6.45) is 0. The van der Waals surface area contributed by atoms with Crippen molar-refractivity contribution < 1.29 is 67.4 Å². The topological polar surface area (TPSA) is 115 Å². The van der Waals surface area contributed by atoms with E-state index in [4.69, 9.17) is 15.3 Å².